The highest BCUT2D eigenvalue weighted by Crippen LogP contribution is 2.31. The monoisotopic (exact) mass is 396 g/mol. The van der Waals surface area contributed by atoms with Crippen molar-refractivity contribution in [3.63, 3.8) is 0 Å². The number of carbonyl (C=O) groups excluding carboxylic acids is 2. The molecule has 154 valence electrons. The third kappa shape index (κ3) is 4.95. The van der Waals surface area contributed by atoms with E-state index < -0.39 is 0 Å². The molecule has 2 aromatic rings. The van der Waals surface area contributed by atoms with Crippen LogP contribution in [0.1, 0.15) is 34.8 Å². The number of hydrogen-bond donors (Lipinski definition) is 0. The Kier molecular flexibility index (Phi) is 6.88. The SMILES string of the molecule is COc1ccc(C(=O)CCC(=O)N2CCN(C)C(c3ccccc3OC)C2)cc1. The van der Waals surface area contributed by atoms with E-state index in [0.717, 1.165) is 17.9 Å². The maximum atomic E-state index is 12.8. The van der Waals surface area contributed by atoms with Gasteiger partial charge in [-0.1, -0.05) is 18.2 Å². The second-order valence-corrected chi connectivity index (χ2v) is 7.23. The summed E-state index contributed by atoms with van der Waals surface area (Å²) in [6.07, 6.45) is 0.421. The van der Waals surface area contributed by atoms with Crippen molar-refractivity contribution in [1.29, 1.82) is 0 Å². The van der Waals surface area contributed by atoms with Gasteiger partial charge in [-0.2, -0.15) is 0 Å². The van der Waals surface area contributed by atoms with E-state index in [2.05, 4.69) is 11.9 Å². The van der Waals surface area contributed by atoms with Gasteiger partial charge in [0.15, 0.2) is 5.78 Å². The molecule has 0 bridgehead atoms. The standard InChI is InChI=1S/C23H28N2O4/c1-24-14-15-25(16-20(24)19-6-4-5-7-22(19)29-3)23(27)13-12-21(26)17-8-10-18(28-2)11-9-17/h4-11,20H,12-16H2,1-3H3. The van der Waals surface area contributed by atoms with Gasteiger partial charge >= 0.3 is 0 Å². The number of amides is 1. The Labute approximate surface area is 172 Å². The molecule has 1 aliphatic rings. The third-order valence-corrected chi connectivity index (χ3v) is 5.48. The van der Waals surface area contributed by atoms with Crippen LogP contribution in [0.15, 0.2) is 48.5 Å². The molecule has 0 aromatic heterocycles. The van der Waals surface area contributed by atoms with Crippen LogP contribution in [0, 0.1) is 0 Å². The Balaban J connectivity index is 1.61. The summed E-state index contributed by atoms with van der Waals surface area (Å²) in [5.41, 5.74) is 1.67. The predicted molar refractivity (Wildman–Crippen MR) is 112 cm³/mol. The van der Waals surface area contributed by atoms with Crippen LogP contribution in [-0.4, -0.2) is 62.4 Å². The van der Waals surface area contributed by atoms with Gasteiger partial charge in [0.1, 0.15) is 11.5 Å². The Morgan fingerprint density at radius 1 is 0.966 bits per heavy atom. The van der Waals surface area contributed by atoms with Gasteiger partial charge in [0.2, 0.25) is 5.91 Å². The number of ketones is 1. The Morgan fingerprint density at radius 2 is 1.69 bits per heavy atom. The molecule has 2 aromatic carbocycles. The number of piperazine rings is 1. The molecule has 1 amide bonds. The normalized spacial score (nSPS) is 17.1. The summed E-state index contributed by atoms with van der Waals surface area (Å²) in [7, 11) is 5.31. The number of Topliss-reactive ketones (excluding diaryl/α,β-unsaturated/α-hetero) is 1. The zero-order chi connectivity index (χ0) is 20.8. The van der Waals surface area contributed by atoms with Gasteiger partial charge < -0.3 is 14.4 Å². The lowest BCUT2D eigenvalue weighted by atomic mass is 10.0. The molecule has 0 spiro atoms. The molecule has 0 saturated carbocycles. The molecule has 1 heterocycles. The van der Waals surface area contributed by atoms with Crippen LogP contribution in [0.5, 0.6) is 11.5 Å². The Hall–Kier alpha value is -2.86. The van der Waals surface area contributed by atoms with Crippen LogP contribution in [0.2, 0.25) is 0 Å². The summed E-state index contributed by atoms with van der Waals surface area (Å²) in [5, 5.41) is 0. The van der Waals surface area contributed by atoms with E-state index >= 15 is 0 Å². The van der Waals surface area contributed by atoms with Crippen molar-refractivity contribution in [2.24, 2.45) is 0 Å². The number of ether oxygens (including phenoxy) is 2. The fourth-order valence-electron chi connectivity index (χ4n) is 3.68. The Bertz CT molecular complexity index is 850. The van der Waals surface area contributed by atoms with E-state index in [1.807, 2.05) is 29.2 Å². The first-order chi connectivity index (χ1) is 14.0. The summed E-state index contributed by atoms with van der Waals surface area (Å²) < 4.78 is 10.6. The lowest BCUT2D eigenvalue weighted by Gasteiger charge is -2.40. The fourth-order valence-corrected chi connectivity index (χ4v) is 3.68. The van der Waals surface area contributed by atoms with Crippen molar-refractivity contribution >= 4 is 11.7 Å². The number of methoxy groups -OCH3 is 2. The number of nitrogens with zero attached hydrogens (tertiary/aromatic N) is 2. The van der Waals surface area contributed by atoms with Crippen molar-refractivity contribution in [1.82, 2.24) is 9.80 Å². The number of likely N-dealkylation sites (N-methyl/N-ethyl adjacent to an activating group) is 1. The summed E-state index contributed by atoms with van der Waals surface area (Å²) in [6.45, 7) is 2.03. The van der Waals surface area contributed by atoms with Gasteiger partial charge in [-0.05, 0) is 37.4 Å². The fraction of sp³-hybridized carbons (Fsp3) is 0.391. The van der Waals surface area contributed by atoms with Gasteiger partial charge in [0, 0.05) is 43.6 Å². The summed E-state index contributed by atoms with van der Waals surface area (Å²) in [5.74, 6) is 1.52. The lowest BCUT2D eigenvalue weighted by molar-refractivity contribution is -0.134. The van der Waals surface area contributed by atoms with Crippen LogP contribution in [0.4, 0.5) is 0 Å². The van der Waals surface area contributed by atoms with E-state index in [-0.39, 0.29) is 30.6 Å². The second kappa shape index (κ2) is 9.56. The molecule has 1 fully saturated rings. The molecule has 3 rings (SSSR count). The number of carbonyl (C=O) groups is 2. The van der Waals surface area contributed by atoms with Crippen LogP contribution in [0.3, 0.4) is 0 Å². The van der Waals surface area contributed by atoms with Crippen molar-refractivity contribution in [2.45, 2.75) is 18.9 Å². The van der Waals surface area contributed by atoms with Crippen molar-refractivity contribution in [3.8, 4) is 11.5 Å². The second-order valence-electron chi connectivity index (χ2n) is 7.23. The number of hydrogen-bond acceptors (Lipinski definition) is 5. The van der Waals surface area contributed by atoms with E-state index in [0.29, 0.717) is 24.4 Å². The van der Waals surface area contributed by atoms with E-state index in [1.54, 1.807) is 38.5 Å². The highest BCUT2D eigenvalue weighted by atomic mass is 16.5. The van der Waals surface area contributed by atoms with Crippen LogP contribution in [0.25, 0.3) is 0 Å². The molecule has 29 heavy (non-hydrogen) atoms. The predicted octanol–water partition coefficient (Wildman–Crippen LogP) is 3.18. The maximum absolute atomic E-state index is 12.8. The average molecular weight is 396 g/mol. The zero-order valence-electron chi connectivity index (χ0n) is 17.3. The largest absolute Gasteiger partial charge is 0.497 e. The quantitative estimate of drug-likeness (QED) is 0.673. The molecule has 1 aliphatic heterocycles. The van der Waals surface area contributed by atoms with Crippen LogP contribution >= 0.6 is 0 Å². The molecule has 0 N–H and O–H groups in total. The molecule has 1 saturated heterocycles. The molecule has 6 heteroatoms. The van der Waals surface area contributed by atoms with Gasteiger partial charge in [0.25, 0.3) is 0 Å². The summed E-state index contributed by atoms with van der Waals surface area (Å²) in [6, 6.07) is 15.0. The highest BCUT2D eigenvalue weighted by molar-refractivity contribution is 5.98. The van der Waals surface area contributed by atoms with Gasteiger partial charge in [0.05, 0.1) is 20.3 Å². The number of para-hydroxylation sites is 1. The first kappa shape index (κ1) is 20.9. The highest BCUT2D eigenvalue weighted by Gasteiger charge is 2.30. The van der Waals surface area contributed by atoms with Crippen molar-refractivity contribution < 1.29 is 19.1 Å². The summed E-state index contributed by atoms with van der Waals surface area (Å²) >= 11 is 0. The molecule has 0 aliphatic carbocycles. The molecular formula is C23H28N2O4. The first-order valence-electron chi connectivity index (χ1n) is 9.81. The van der Waals surface area contributed by atoms with E-state index in [1.165, 1.54) is 0 Å². The lowest BCUT2D eigenvalue weighted by Crippen LogP contribution is -2.49. The number of rotatable bonds is 7. The third-order valence-electron chi connectivity index (χ3n) is 5.48. The molecule has 1 unspecified atom stereocenters. The molecular weight excluding hydrogens is 368 g/mol. The first-order valence-corrected chi connectivity index (χ1v) is 9.81. The maximum Gasteiger partial charge on any atom is 0.223 e. The zero-order valence-corrected chi connectivity index (χ0v) is 17.3. The minimum Gasteiger partial charge on any atom is -0.497 e. The molecule has 6 nitrogen and oxygen atoms in total. The Morgan fingerprint density at radius 3 is 2.38 bits per heavy atom. The molecule has 1 atom stereocenters. The van der Waals surface area contributed by atoms with Gasteiger partial charge in [-0.15, -0.1) is 0 Å². The minimum absolute atomic E-state index is 0.0138. The van der Waals surface area contributed by atoms with E-state index in [9.17, 15) is 9.59 Å². The van der Waals surface area contributed by atoms with Crippen molar-refractivity contribution in [3.05, 3.63) is 59.7 Å². The van der Waals surface area contributed by atoms with Crippen LogP contribution < -0.4 is 9.47 Å². The van der Waals surface area contributed by atoms with Gasteiger partial charge in [-0.25, -0.2) is 0 Å². The van der Waals surface area contributed by atoms with Gasteiger partial charge in [-0.3, -0.25) is 14.5 Å². The topological polar surface area (TPSA) is 59.1 Å². The number of benzene rings is 2. The van der Waals surface area contributed by atoms with E-state index in [4.69, 9.17) is 9.47 Å². The average Bonchev–Trinajstić information content (AvgIpc) is 2.77. The minimum atomic E-state index is -0.0311. The smallest absolute Gasteiger partial charge is 0.223 e. The molecule has 0 radical (unpaired) electrons. The van der Waals surface area contributed by atoms with Crippen molar-refractivity contribution in [2.75, 3.05) is 40.9 Å². The van der Waals surface area contributed by atoms with Crippen LogP contribution in [-0.2, 0) is 4.79 Å². The summed E-state index contributed by atoms with van der Waals surface area (Å²) in [4.78, 5) is 29.3.